The number of nitrogens with two attached hydrogens (primary N) is 2. The lowest BCUT2D eigenvalue weighted by Crippen LogP contribution is -1.98. The lowest BCUT2D eigenvalue weighted by atomic mass is 10.1. The van der Waals surface area contributed by atoms with Gasteiger partial charge in [0, 0.05) is 5.39 Å². The largest absolute Gasteiger partial charge is 0.396 e. The van der Waals surface area contributed by atoms with Crippen molar-refractivity contribution >= 4 is 33.9 Å². The van der Waals surface area contributed by atoms with E-state index in [2.05, 4.69) is 4.98 Å². The fourth-order valence-corrected chi connectivity index (χ4v) is 1.69. The summed E-state index contributed by atoms with van der Waals surface area (Å²) in [5.74, 6) is 0. The maximum Gasteiger partial charge on any atom is 0.0913 e. The first-order valence-electron chi connectivity index (χ1n) is 4.20. The number of pyridine rings is 1. The van der Waals surface area contributed by atoms with Gasteiger partial charge in [-0.2, -0.15) is 0 Å². The highest BCUT2D eigenvalue weighted by atomic mass is 35.5. The fraction of sp³-hybridized carbons (Fsp3) is 0.100. The number of aromatic nitrogens is 1. The topological polar surface area (TPSA) is 64.9 Å². The van der Waals surface area contributed by atoms with Crippen molar-refractivity contribution in [2.45, 2.75) is 6.92 Å². The maximum atomic E-state index is 5.99. The Kier molecular flexibility index (Phi) is 1.97. The van der Waals surface area contributed by atoms with Gasteiger partial charge in [0.15, 0.2) is 0 Å². The molecule has 0 fully saturated rings. The highest BCUT2D eigenvalue weighted by Crippen LogP contribution is 2.31. The first-order chi connectivity index (χ1) is 6.61. The summed E-state index contributed by atoms with van der Waals surface area (Å²) in [7, 11) is 0. The average molecular weight is 208 g/mol. The second kappa shape index (κ2) is 3.03. The Balaban J connectivity index is 3.01. The molecule has 2 rings (SSSR count). The van der Waals surface area contributed by atoms with Crippen LogP contribution in [-0.2, 0) is 0 Å². The van der Waals surface area contributed by atoms with Crippen molar-refractivity contribution in [3.63, 3.8) is 0 Å². The molecule has 0 aliphatic carbocycles. The van der Waals surface area contributed by atoms with Gasteiger partial charge < -0.3 is 11.5 Å². The third-order valence-corrected chi connectivity index (χ3v) is 2.56. The second-order valence-corrected chi connectivity index (χ2v) is 3.62. The van der Waals surface area contributed by atoms with Crippen LogP contribution in [0.5, 0.6) is 0 Å². The smallest absolute Gasteiger partial charge is 0.0913 e. The number of hydrogen-bond donors (Lipinski definition) is 2. The average Bonchev–Trinajstić information content (AvgIpc) is 2.16. The zero-order chi connectivity index (χ0) is 10.3. The monoisotopic (exact) mass is 207 g/mol. The first-order valence-corrected chi connectivity index (χ1v) is 4.58. The first kappa shape index (κ1) is 9.09. The minimum Gasteiger partial charge on any atom is -0.396 e. The molecule has 4 N–H and O–H groups in total. The molecular formula is C10H10ClN3. The fourth-order valence-electron chi connectivity index (χ4n) is 1.48. The van der Waals surface area contributed by atoms with Crippen LogP contribution in [-0.4, -0.2) is 4.98 Å². The molecule has 0 bridgehead atoms. The van der Waals surface area contributed by atoms with Gasteiger partial charge in [0.2, 0.25) is 0 Å². The third kappa shape index (κ3) is 1.17. The second-order valence-electron chi connectivity index (χ2n) is 3.22. The van der Waals surface area contributed by atoms with Crippen LogP contribution in [0.15, 0.2) is 18.3 Å². The number of anilines is 2. The van der Waals surface area contributed by atoms with Gasteiger partial charge >= 0.3 is 0 Å². The third-order valence-electron chi connectivity index (χ3n) is 2.25. The normalized spacial score (nSPS) is 10.7. The summed E-state index contributed by atoms with van der Waals surface area (Å²) in [5.41, 5.74) is 14.3. The molecular weight excluding hydrogens is 198 g/mol. The quantitative estimate of drug-likeness (QED) is 0.697. The van der Waals surface area contributed by atoms with Gasteiger partial charge in [-0.05, 0) is 18.6 Å². The summed E-state index contributed by atoms with van der Waals surface area (Å²) in [6.45, 7) is 1.95. The molecule has 0 saturated carbocycles. The van der Waals surface area contributed by atoms with Crippen molar-refractivity contribution in [3.8, 4) is 0 Å². The van der Waals surface area contributed by atoms with Crippen LogP contribution in [0.1, 0.15) is 5.56 Å². The molecule has 1 heterocycles. The van der Waals surface area contributed by atoms with Crippen LogP contribution in [0, 0.1) is 6.92 Å². The number of benzene rings is 1. The molecule has 4 heteroatoms. The Hall–Kier alpha value is -1.48. The number of rotatable bonds is 0. The van der Waals surface area contributed by atoms with Crippen molar-refractivity contribution in [2.75, 3.05) is 11.5 Å². The van der Waals surface area contributed by atoms with E-state index < -0.39 is 0 Å². The molecule has 1 aromatic carbocycles. The van der Waals surface area contributed by atoms with Gasteiger partial charge in [0.25, 0.3) is 0 Å². The number of nitrogen functional groups attached to an aromatic ring is 2. The molecule has 0 atom stereocenters. The van der Waals surface area contributed by atoms with Crippen molar-refractivity contribution in [2.24, 2.45) is 0 Å². The van der Waals surface area contributed by atoms with Crippen LogP contribution in [0.25, 0.3) is 10.9 Å². The van der Waals surface area contributed by atoms with E-state index in [1.54, 1.807) is 0 Å². The predicted octanol–water partition coefficient (Wildman–Crippen LogP) is 2.36. The summed E-state index contributed by atoms with van der Waals surface area (Å²) < 4.78 is 0. The zero-order valence-electron chi connectivity index (χ0n) is 7.71. The van der Waals surface area contributed by atoms with Crippen LogP contribution in [0.4, 0.5) is 11.4 Å². The maximum absolute atomic E-state index is 5.99. The molecule has 1 aromatic heterocycles. The van der Waals surface area contributed by atoms with Gasteiger partial charge in [-0.15, -0.1) is 0 Å². The minimum absolute atomic E-state index is 0.489. The van der Waals surface area contributed by atoms with Crippen molar-refractivity contribution in [1.82, 2.24) is 4.98 Å². The molecule has 0 amide bonds. The molecule has 0 spiro atoms. The van der Waals surface area contributed by atoms with E-state index in [9.17, 15) is 0 Å². The molecule has 0 aliphatic heterocycles. The Labute approximate surface area is 86.7 Å². The Morgan fingerprint density at radius 3 is 2.71 bits per heavy atom. The number of aryl methyl sites for hydroxylation is 1. The van der Waals surface area contributed by atoms with Gasteiger partial charge in [-0.1, -0.05) is 17.7 Å². The van der Waals surface area contributed by atoms with E-state index in [4.69, 9.17) is 23.1 Å². The molecule has 72 valence electrons. The zero-order valence-corrected chi connectivity index (χ0v) is 8.47. The minimum atomic E-state index is 0.489. The Morgan fingerprint density at radius 2 is 2.00 bits per heavy atom. The summed E-state index contributed by atoms with van der Waals surface area (Å²) in [6.07, 6.45) is 1.53. The molecule has 0 radical (unpaired) electrons. The number of halogens is 1. The number of nitrogens with zero attached hydrogens (tertiary/aromatic N) is 1. The molecule has 14 heavy (non-hydrogen) atoms. The molecule has 2 aromatic rings. The van der Waals surface area contributed by atoms with Gasteiger partial charge in [-0.3, -0.25) is 4.98 Å². The summed E-state index contributed by atoms with van der Waals surface area (Å²) in [6, 6.07) is 3.71. The van der Waals surface area contributed by atoms with E-state index in [0.717, 1.165) is 10.9 Å². The van der Waals surface area contributed by atoms with Crippen molar-refractivity contribution in [1.29, 1.82) is 0 Å². The van der Waals surface area contributed by atoms with Crippen molar-refractivity contribution < 1.29 is 0 Å². The highest BCUT2D eigenvalue weighted by Gasteiger charge is 2.08. The van der Waals surface area contributed by atoms with E-state index in [0.29, 0.717) is 21.9 Å². The molecule has 0 saturated heterocycles. The lowest BCUT2D eigenvalue weighted by molar-refractivity contribution is 1.39. The van der Waals surface area contributed by atoms with Gasteiger partial charge in [-0.25, -0.2) is 0 Å². The SMILES string of the molecule is Cc1ccc(Cl)c2ncc(N)c(N)c12. The predicted molar refractivity (Wildman–Crippen MR) is 60.3 cm³/mol. The summed E-state index contributed by atoms with van der Waals surface area (Å²) in [5, 5.41) is 1.44. The number of fused-ring (bicyclic) bond motifs is 1. The number of hydrogen-bond acceptors (Lipinski definition) is 3. The Bertz CT molecular complexity index is 508. The summed E-state index contributed by atoms with van der Waals surface area (Å²) in [4.78, 5) is 4.16. The van der Waals surface area contributed by atoms with Crippen LogP contribution in [0.2, 0.25) is 5.02 Å². The Morgan fingerprint density at radius 1 is 1.29 bits per heavy atom. The van der Waals surface area contributed by atoms with E-state index in [1.807, 2.05) is 19.1 Å². The molecule has 0 unspecified atom stereocenters. The van der Waals surface area contributed by atoms with Gasteiger partial charge in [0.05, 0.1) is 28.1 Å². The summed E-state index contributed by atoms with van der Waals surface area (Å²) >= 11 is 5.99. The van der Waals surface area contributed by atoms with Gasteiger partial charge in [0.1, 0.15) is 0 Å². The van der Waals surface area contributed by atoms with Crippen LogP contribution < -0.4 is 11.5 Å². The van der Waals surface area contributed by atoms with E-state index in [-0.39, 0.29) is 0 Å². The molecule has 3 nitrogen and oxygen atoms in total. The standard InChI is InChI=1S/C10H10ClN3/c1-5-2-3-6(11)10-8(5)9(13)7(12)4-14-10/h2-4H,12H2,1H3,(H2,13,14). The van der Waals surface area contributed by atoms with E-state index in [1.165, 1.54) is 6.20 Å². The van der Waals surface area contributed by atoms with E-state index >= 15 is 0 Å². The highest BCUT2D eigenvalue weighted by molar-refractivity contribution is 6.35. The van der Waals surface area contributed by atoms with Crippen molar-refractivity contribution in [3.05, 3.63) is 28.9 Å². The molecule has 0 aliphatic rings. The lowest BCUT2D eigenvalue weighted by Gasteiger charge is -2.08. The van der Waals surface area contributed by atoms with Crippen LogP contribution in [0.3, 0.4) is 0 Å². The van der Waals surface area contributed by atoms with Crippen LogP contribution >= 0.6 is 11.6 Å².